The van der Waals surface area contributed by atoms with E-state index < -0.39 is 6.10 Å². The minimum Gasteiger partial charge on any atom is -0.483 e. The van der Waals surface area contributed by atoms with Crippen LogP contribution in [0.1, 0.15) is 29.5 Å². The highest BCUT2D eigenvalue weighted by molar-refractivity contribution is 5.77. The highest BCUT2D eigenvalue weighted by Gasteiger charge is 2.29. The number of aryl methyl sites for hydroxylation is 3. The van der Waals surface area contributed by atoms with E-state index in [9.17, 15) is 9.90 Å². The summed E-state index contributed by atoms with van der Waals surface area (Å²) in [4.78, 5) is 11.7. The van der Waals surface area contributed by atoms with Gasteiger partial charge in [-0.3, -0.25) is 4.79 Å². The molecule has 0 bridgehead atoms. The van der Waals surface area contributed by atoms with E-state index in [0.717, 1.165) is 29.7 Å². The van der Waals surface area contributed by atoms with Crippen LogP contribution in [-0.4, -0.2) is 30.3 Å². The molecule has 110 valence electrons. The lowest BCUT2D eigenvalue weighted by Crippen LogP contribution is -2.36. The molecule has 1 aliphatic carbocycles. The van der Waals surface area contributed by atoms with Crippen LogP contribution in [0.2, 0.25) is 0 Å². The quantitative estimate of drug-likeness (QED) is 0.834. The first-order valence-electron chi connectivity index (χ1n) is 7.13. The number of hydrogen-bond acceptors (Lipinski definition) is 3. The zero-order valence-corrected chi connectivity index (χ0v) is 12.4. The summed E-state index contributed by atoms with van der Waals surface area (Å²) in [5.74, 6) is 0.954. The lowest BCUT2D eigenvalue weighted by Gasteiger charge is -2.14. The summed E-state index contributed by atoms with van der Waals surface area (Å²) < 4.78 is 5.60. The molecule has 0 aromatic heterocycles. The molecule has 0 saturated heterocycles. The Kier molecular flexibility index (Phi) is 4.65. The zero-order chi connectivity index (χ0) is 14.7. The van der Waals surface area contributed by atoms with Gasteiger partial charge in [-0.2, -0.15) is 0 Å². The molecule has 4 heteroatoms. The van der Waals surface area contributed by atoms with Crippen molar-refractivity contribution in [2.45, 2.75) is 39.7 Å². The van der Waals surface area contributed by atoms with E-state index >= 15 is 0 Å². The van der Waals surface area contributed by atoms with Gasteiger partial charge in [0.1, 0.15) is 5.75 Å². The van der Waals surface area contributed by atoms with E-state index in [2.05, 4.69) is 5.32 Å². The topological polar surface area (TPSA) is 58.6 Å². The Bertz CT molecular complexity index is 471. The Morgan fingerprint density at radius 2 is 1.95 bits per heavy atom. The molecule has 1 aromatic rings. The molecule has 0 aliphatic heterocycles. The molecule has 1 aromatic carbocycles. The van der Waals surface area contributed by atoms with Crippen molar-refractivity contribution in [3.8, 4) is 5.75 Å². The molecule has 0 spiro atoms. The predicted molar refractivity (Wildman–Crippen MR) is 77.9 cm³/mol. The number of rotatable bonds is 6. The zero-order valence-electron chi connectivity index (χ0n) is 12.4. The second-order valence-electron chi connectivity index (χ2n) is 5.73. The molecule has 20 heavy (non-hydrogen) atoms. The molecule has 4 nitrogen and oxygen atoms in total. The average Bonchev–Trinajstić information content (AvgIpc) is 3.18. The van der Waals surface area contributed by atoms with Gasteiger partial charge in [0.05, 0.1) is 6.10 Å². The summed E-state index contributed by atoms with van der Waals surface area (Å²) in [5, 5.41) is 12.4. The number of aliphatic hydroxyl groups is 1. The van der Waals surface area contributed by atoms with E-state index in [0.29, 0.717) is 12.5 Å². The van der Waals surface area contributed by atoms with Crippen molar-refractivity contribution >= 4 is 5.91 Å². The maximum absolute atomic E-state index is 11.7. The van der Waals surface area contributed by atoms with Gasteiger partial charge in [-0.25, -0.2) is 0 Å². The van der Waals surface area contributed by atoms with Gasteiger partial charge < -0.3 is 15.2 Å². The van der Waals surface area contributed by atoms with Gasteiger partial charge in [-0.15, -0.1) is 0 Å². The fourth-order valence-corrected chi connectivity index (χ4v) is 2.45. The molecule has 1 amide bonds. The lowest BCUT2D eigenvalue weighted by atomic mass is 10.1. The van der Waals surface area contributed by atoms with Crippen LogP contribution in [0.3, 0.4) is 0 Å². The average molecular weight is 277 g/mol. The van der Waals surface area contributed by atoms with Crippen LogP contribution in [0.15, 0.2) is 12.1 Å². The van der Waals surface area contributed by atoms with Crippen LogP contribution < -0.4 is 10.1 Å². The van der Waals surface area contributed by atoms with Crippen molar-refractivity contribution in [1.82, 2.24) is 5.32 Å². The van der Waals surface area contributed by atoms with Crippen molar-refractivity contribution in [2.75, 3.05) is 13.2 Å². The molecule has 1 atom stereocenters. The molecule has 0 radical (unpaired) electrons. The van der Waals surface area contributed by atoms with Gasteiger partial charge in [-0.05, 0) is 50.7 Å². The fourth-order valence-electron chi connectivity index (χ4n) is 2.45. The van der Waals surface area contributed by atoms with Crippen LogP contribution in [0, 0.1) is 26.7 Å². The fraction of sp³-hybridized carbons (Fsp3) is 0.562. The van der Waals surface area contributed by atoms with Crippen molar-refractivity contribution in [2.24, 2.45) is 5.92 Å². The standard InChI is InChI=1S/C16H23NO3/c1-10-6-11(2)16(12(3)7-10)20-9-15(19)17-8-14(18)13-4-5-13/h6-7,13-14,18H,4-5,8-9H2,1-3H3,(H,17,19). The van der Waals surface area contributed by atoms with Crippen LogP contribution in [0.4, 0.5) is 0 Å². The van der Waals surface area contributed by atoms with Crippen LogP contribution in [0.25, 0.3) is 0 Å². The number of amides is 1. The minimum atomic E-state index is -0.415. The Hall–Kier alpha value is -1.55. The van der Waals surface area contributed by atoms with Crippen LogP contribution in [-0.2, 0) is 4.79 Å². The van der Waals surface area contributed by atoms with Gasteiger partial charge in [0.15, 0.2) is 6.61 Å². The molecule has 1 unspecified atom stereocenters. The van der Waals surface area contributed by atoms with E-state index in [4.69, 9.17) is 4.74 Å². The summed E-state index contributed by atoms with van der Waals surface area (Å²) >= 11 is 0. The van der Waals surface area contributed by atoms with E-state index in [1.165, 1.54) is 5.56 Å². The molecule has 0 heterocycles. The van der Waals surface area contributed by atoms with Gasteiger partial charge in [0, 0.05) is 6.54 Å². The summed E-state index contributed by atoms with van der Waals surface area (Å²) in [6, 6.07) is 4.08. The van der Waals surface area contributed by atoms with Crippen LogP contribution >= 0.6 is 0 Å². The highest BCUT2D eigenvalue weighted by atomic mass is 16.5. The minimum absolute atomic E-state index is 0.0118. The first-order chi connectivity index (χ1) is 9.47. The monoisotopic (exact) mass is 277 g/mol. The highest BCUT2D eigenvalue weighted by Crippen LogP contribution is 2.32. The Balaban J connectivity index is 1.80. The number of carbonyl (C=O) groups excluding carboxylic acids is 1. The molecular weight excluding hydrogens is 254 g/mol. The number of carbonyl (C=O) groups is 1. The smallest absolute Gasteiger partial charge is 0.258 e. The normalized spacial score (nSPS) is 15.8. The number of aliphatic hydroxyl groups excluding tert-OH is 1. The second kappa shape index (κ2) is 6.27. The lowest BCUT2D eigenvalue weighted by molar-refractivity contribution is -0.123. The van der Waals surface area contributed by atoms with Gasteiger partial charge in [-0.1, -0.05) is 17.7 Å². The maximum Gasteiger partial charge on any atom is 0.258 e. The first-order valence-corrected chi connectivity index (χ1v) is 7.13. The summed E-state index contributed by atoms with van der Waals surface area (Å²) in [6.07, 6.45) is 1.71. The Morgan fingerprint density at radius 3 is 2.50 bits per heavy atom. The molecule has 2 rings (SSSR count). The van der Waals surface area contributed by atoms with Crippen molar-refractivity contribution in [3.05, 3.63) is 28.8 Å². The summed E-state index contributed by atoms with van der Waals surface area (Å²) in [7, 11) is 0. The summed E-state index contributed by atoms with van der Waals surface area (Å²) in [5.41, 5.74) is 3.26. The first kappa shape index (κ1) is 14.9. The van der Waals surface area contributed by atoms with E-state index in [1.807, 2.05) is 32.9 Å². The summed E-state index contributed by atoms with van der Waals surface area (Å²) in [6.45, 7) is 6.30. The maximum atomic E-state index is 11.7. The van der Waals surface area contributed by atoms with E-state index in [1.54, 1.807) is 0 Å². The number of benzene rings is 1. The van der Waals surface area contributed by atoms with Gasteiger partial charge in [0.2, 0.25) is 0 Å². The van der Waals surface area contributed by atoms with Crippen molar-refractivity contribution < 1.29 is 14.6 Å². The van der Waals surface area contributed by atoms with Crippen molar-refractivity contribution in [3.63, 3.8) is 0 Å². The van der Waals surface area contributed by atoms with Gasteiger partial charge >= 0.3 is 0 Å². The number of ether oxygens (including phenoxy) is 1. The third-order valence-electron chi connectivity index (χ3n) is 3.63. The largest absolute Gasteiger partial charge is 0.483 e. The SMILES string of the molecule is Cc1cc(C)c(OCC(=O)NCC(O)C2CC2)c(C)c1. The number of nitrogens with one attached hydrogen (secondary N) is 1. The number of hydrogen-bond donors (Lipinski definition) is 2. The molecule has 1 fully saturated rings. The van der Waals surface area contributed by atoms with E-state index in [-0.39, 0.29) is 12.5 Å². The second-order valence-corrected chi connectivity index (χ2v) is 5.73. The predicted octanol–water partition coefficient (Wildman–Crippen LogP) is 1.88. The molecule has 1 saturated carbocycles. The molecule has 2 N–H and O–H groups in total. The Labute approximate surface area is 120 Å². The Morgan fingerprint density at radius 1 is 1.35 bits per heavy atom. The molecular formula is C16H23NO3. The molecule has 1 aliphatic rings. The van der Waals surface area contributed by atoms with Gasteiger partial charge in [0.25, 0.3) is 5.91 Å². The van der Waals surface area contributed by atoms with Crippen molar-refractivity contribution in [1.29, 1.82) is 0 Å². The van der Waals surface area contributed by atoms with Crippen LogP contribution in [0.5, 0.6) is 5.75 Å². The third kappa shape index (κ3) is 3.97. The third-order valence-corrected chi connectivity index (χ3v) is 3.63.